The number of hydrogen-bond donors (Lipinski definition) is 1. The summed E-state index contributed by atoms with van der Waals surface area (Å²) in [4.78, 5) is 16.5. The second-order valence-electron chi connectivity index (χ2n) is 5.60. The van der Waals surface area contributed by atoms with Crippen molar-refractivity contribution in [3.05, 3.63) is 48.2 Å². The molecule has 4 rings (SSSR count). The monoisotopic (exact) mass is 296 g/mol. The minimum absolute atomic E-state index is 0.0207. The first-order valence-electron chi connectivity index (χ1n) is 7.42. The number of carbonyl (C=O) groups excluding carboxylic acids is 1. The van der Waals surface area contributed by atoms with Crippen LogP contribution in [0.1, 0.15) is 17.9 Å². The Labute approximate surface area is 127 Å². The van der Waals surface area contributed by atoms with Crippen LogP contribution in [0, 0.1) is 0 Å². The Balaban J connectivity index is 1.43. The van der Waals surface area contributed by atoms with Crippen LogP contribution in [-0.2, 0) is 24.2 Å². The van der Waals surface area contributed by atoms with E-state index in [2.05, 4.69) is 20.0 Å². The summed E-state index contributed by atoms with van der Waals surface area (Å²) in [7, 11) is 0. The van der Waals surface area contributed by atoms with Crippen molar-refractivity contribution in [1.29, 1.82) is 0 Å². The van der Waals surface area contributed by atoms with Gasteiger partial charge in [-0.15, -0.1) is 0 Å². The summed E-state index contributed by atoms with van der Waals surface area (Å²) in [5, 5.41) is 7.99. The zero-order chi connectivity index (χ0) is 14.9. The quantitative estimate of drug-likeness (QED) is 0.798. The molecule has 1 N–H and O–H groups in total. The Bertz CT molecular complexity index is 820. The molecular weight excluding hydrogens is 280 g/mol. The normalized spacial score (nSPS) is 17.4. The van der Waals surface area contributed by atoms with Gasteiger partial charge >= 0.3 is 0 Å². The first-order chi connectivity index (χ1) is 10.8. The largest absolute Gasteiger partial charge is 0.356 e. The number of carbonyl (C=O) groups is 1. The summed E-state index contributed by atoms with van der Waals surface area (Å²) in [6, 6.07) is 7.73. The number of fused-ring (bicyclic) bond motifs is 2. The van der Waals surface area contributed by atoms with E-state index >= 15 is 0 Å². The lowest BCUT2D eigenvalue weighted by molar-refractivity contribution is -0.121. The van der Waals surface area contributed by atoms with Crippen molar-refractivity contribution in [1.82, 2.24) is 20.0 Å². The molecule has 0 bridgehead atoms. The van der Waals surface area contributed by atoms with Crippen molar-refractivity contribution in [2.24, 2.45) is 0 Å². The number of para-hydroxylation sites is 1. The third kappa shape index (κ3) is 2.36. The highest BCUT2D eigenvalue weighted by atomic mass is 16.5. The third-order valence-electron chi connectivity index (χ3n) is 4.08. The Morgan fingerprint density at radius 3 is 3.27 bits per heavy atom. The van der Waals surface area contributed by atoms with E-state index in [1.165, 1.54) is 0 Å². The van der Waals surface area contributed by atoms with Crippen LogP contribution in [0.25, 0.3) is 11.0 Å². The van der Waals surface area contributed by atoms with E-state index in [4.69, 9.17) is 4.52 Å². The maximum Gasteiger partial charge on any atom is 0.226 e. The minimum Gasteiger partial charge on any atom is -0.356 e. The van der Waals surface area contributed by atoms with Gasteiger partial charge in [-0.2, -0.15) is 0 Å². The molecule has 6 nitrogen and oxygen atoms in total. The van der Waals surface area contributed by atoms with Gasteiger partial charge in [0.2, 0.25) is 5.91 Å². The lowest BCUT2D eigenvalue weighted by atomic mass is 10.1. The van der Waals surface area contributed by atoms with E-state index in [0.29, 0.717) is 11.3 Å². The van der Waals surface area contributed by atoms with Gasteiger partial charge in [-0.1, -0.05) is 17.3 Å². The standard InChI is InChI=1S/C16H16N4O2/c21-16(9-13-12-3-1-2-4-14(12)22-19-13)18-11-5-6-15-17-7-8-20(15)10-11/h1-4,7-8,11H,5-6,9-10H2,(H,18,21)/t11-/m1/s1. The van der Waals surface area contributed by atoms with Gasteiger partial charge in [-0.05, 0) is 18.6 Å². The average molecular weight is 296 g/mol. The first kappa shape index (κ1) is 13.1. The maximum absolute atomic E-state index is 12.3. The molecule has 1 atom stereocenters. The summed E-state index contributed by atoms with van der Waals surface area (Å²) in [5.41, 5.74) is 1.40. The van der Waals surface area contributed by atoms with Crippen molar-refractivity contribution < 1.29 is 9.32 Å². The van der Waals surface area contributed by atoms with E-state index in [1.54, 1.807) is 6.20 Å². The molecule has 3 heterocycles. The Hall–Kier alpha value is -2.63. The van der Waals surface area contributed by atoms with Crippen LogP contribution in [-0.4, -0.2) is 26.7 Å². The molecule has 3 aromatic rings. The van der Waals surface area contributed by atoms with E-state index in [-0.39, 0.29) is 18.4 Å². The summed E-state index contributed by atoms with van der Waals surface area (Å²) >= 11 is 0. The number of nitrogens with zero attached hydrogens (tertiary/aromatic N) is 3. The Morgan fingerprint density at radius 1 is 1.41 bits per heavy atom. The third-order valence-corrected chi connectivity index (χ3v) is 4.08. The van der Waals surface area contributed by atoms with Gasteiger partial charge in [0.25, 0.3) is 0 Å². The molecule has 0 aliphatic carbocycles. The van der Waals surface area contributed by atoms with Crippen LogP contribution in [0.15, 0.2) is 41.2 Å². The molecule has 22 heavy (non-hydrogen) atoms. The van der Waals surface area contributed by atoms with E-state index in [9.17, 15) is 4.79 Å². The highest BCUT2D eigenvalue weighted by molar-refractivity contribution is 5.86. The molecule has 1 aliphatic rings. The van der Waals surface area contributed by atoms with Gasteiger partial charge in [-0.25, -0.2) is 4.98 Å². The molecule has 112 valence electrons. The molecule has 1 aromatic carbocycles. The van der Waals surface area contributed by atoms with Crippen molar-refractivity contribution >= 4 is 16.9 Å². The van der Waals surface area contributed by atoms with Crippen LogP contribution in [0.2, 0.25) is 0 Å². The van der Waals surface area contributed by atoms with Gasteiger partial charge in [0.1, 0.15) is 11.5 Å². The molecule has 0 spiro atoms. The van der Waals surface area contributed by atoms with E-state index < -0.39 is 0 Å². The fourth-order valence-electron chi connectivity index (χ4n) is 2.98. The Kier molecular flexibility index (Phi) is 3.14. The number of benzene rings is 1. The molecule has 0 saturated heterocycles. The summed E-state index contributed by atoms with van der Waals surface area (Å²) in [6.45, 7) is 0.778. The van der Waals surface area contributed by atoms with Crippen molar-refractivity contribution in [3.63, 3.8) is 0 Å². The minimum atomic E-state index is -0.0207. The zero-order valence-electron chi connectivity index (χ0n) is 12.0. The number of aryl methyl sites for hydroxylation is 1. The highest BCUT2D eigenvalue weighted by Crippen LogP contribution is 2.18. The van der Waals surface area contributed by atoms with Gasteiger partial charge in [0.15, 0.2) is 5.58 Å². The van der Waals surface area contributed by atoms with Gasteiger partial charge < -0.3 is 14.4 Å². The number of aromatic nitrogens is 3. The number of rotatable bonds is 3. The zero-order valence-corrected chi connectivity index (χ0v) is 12.0. The fraction of sp³-hybridized carbons (Fsp3) is 0.312. The second kappa shape index (κ2) is 5.29. The highest BCUT2D eigenvalue weighted by Gasteiger charge is 2.21. The molecule has 0 radical (unpaired) electrons. The molecule has 0 fully saturated rings. The van der Waals surface area contributed by atoms with Crippen LogP contribution < -0.4 is 5.32 Å². The predicted octanol–water partition coefficient (Wildman–Crippen LogP) is 1.70. The predicted molar refractivity (Wildman–Crippen MR) is 80.2 cm³/mol. The van der Waals surface area contributed by atoms with Crippen molar-refractivity contribution in [2.75, 3.05) is 0 Å². The summed E-state index contributed by atoms with van der Waals surface area (Å²) < 4.78 is 7.33. The van der Waals surface area contributed by atoms with Gasteiger partial charge in [-0.3, -0.25) is 4.79 Å². The smallest absolute Gasteiger partial charge is 0.226 e. The maximum atomic E-state index is 12.3. The Morgan fingerprint density at radius 2 is 2.32 bits per heavy atom. The lowest BCUT2D eigenvalue weighted by Gasteiger charge is -2.24. The first-order valence-corrected chi connectivity index (χ1v) is 7.42. The average Bonchev–Trinajstić information content (AvgIpc) is 3.14. The molecule has 0 unspecified atom stereocenters. The van der Waals surface area contributed by atoms with Gasteiger partial charge in [0.05, 0.1) is 6.42 Å². The second-order valence-corrected chi connectivity index (χ2v) is 5.60. The number of imidazole rings is 1. The number of hydrogen-bond acceptors (Lipinski definition) is 4. The molecule has 2 aromatic heterocycles. The molecule has 0 saturated carbocycles. The SMILES string of the molecule is O=C(Cc1noc2ccccc12)N[C@@H]1CCc2nccn2C1. The molecule has 1 amide bonds. The molecule has 1 aliphatic heterocycles. The van der Waals surface area contributed by atoms with Crippen LogP contribution in [0.4, 0.5) is 0 Å². The molecular formula is C16H16N4O2. The number of nitrogens with one attached hydrogen (secondary N) is 1. The van der Waals surface area contributed by atoms with E-state index in [0.717, 1.165) is 30.6 Å². The fourth-order valence-corrected chi connectivity index (χ4v) is 2.98. The van der Waals surface area contributed by atoms with Crippen molar-refractivity contribution in [2.45, 2.75) is 31.8 Å². The topological polar surface area (TPSA) is 73.0 Å². The van der Waals surface area contributed by atoms with Crippen LogP contribution in [0.5, 0.6) is 0 Å². The van der Waals surface area contributed by atoms with Crippen molar-refractivity contribution in [3.8, 4) is 0 Å². The van der Waals surface area contributed by atoms with Gasteiger partial charge in [0, 0.05) is 36.8 Å². The van der Waals surface area contributed by atoms with E-state index in [1.807, 2.05) is 30.5 Å². The number of amides is 1. The summed E-state index contributed by atoms with van der Waals surface area (Å²) in [6.07, 6.45) is 5.82. The lowest BCUT2D eigenvalue weighted by Crippen LogP contribution is -2.41. The van der Waals surface area contributed by atoms with Crippen LogP contribution >= 0.6 is 0 Å². The summed E-state index contributed by atoms with van der Waals surface area (Å²) in [5.74, 6) is 1.07. The molecule has 6 heteroatoms. The van der Waals surface area contributed by atoms with Crippen LogP contribution in [0.3, 0.4) is 0 Å².